The van der Waals surface area contributed by atoms with Crippen LogP contribution in [0.5, 0.6) is 11.5 Å². The van der Waals surface area contributed by atoms with E-state index in [1.807, 2.05) is 6.92 Å². The summed E-state index contributed by atoms with van der Waals surface area (Å²) in [7, 11) is 0. The molecule has 1 heterocycles. The van der Waals surface area contributed by atoms with Crippen molar-refractivity contribution in [1.82, 2.24) is 4.98 Å². The number of ether oxygens (including phenoxy) is 1. The van der Waals surface area contributed by atoms with Crippen molar-refractivity contribution >= 4 is 23.0 Å². The van der Waals surface area contributed by atoms with E-state index in [4.69, 9.17) is 16.3 Å². The molecule has 2 aromatic rings. The van der Waals surface area contributed by atoms with E-state index in [9.17, 15) is 10.1 Å². The molecular formula is C13H12ClN3O3. The number of pyridine rings is 1. The van der Waals surface area contributed by atoms with Gasteiger partial charge >= 0.3 is 5.69 Å². The number of hydrogen-bond donors (Lipinski definition) is 1. The monoisotopic (exact) mass is 293 g/mol. The summed E-state index contributed by atoms with van der Waals surface area (Å²) in [5, 5.41) is 14.3. The van der Waals surface area contributed by atoms with Crippen LogP contribution in [-0.4, -0.2) is 16.5 Å². The normalized spacial score (nSPS) is 10.1. The van der Waals surface area contributed by atoms with E-state index < -0.39 is 4.92 Å². The second-order valence-electron chi connectivity index (χ2n) is 3.91. The summed E-state index contributed by atoms with van der Waals surface area (Å²) in [4.78, 5) is 14.4. The van der Waals surface area contributed by atoms with Gasteiger partial charge in [0.05, 0.1) is 23.0 Å². The fraction of sp³-hybridized carbons (Fsp3) is 0.154. The van der Waals surface area contributed by atoms with Crippen LogP contribution in [0.2, 0.25) is 5.02 Å². The summed E-state index contributed by atoms with van der Waals surface area (Å²) in [6, 6.07) is 5.96. The number of halogens is 1. The average Bonchev–Trinajstić information content (AvgIpc) is 2.41. The number of nitro benzene ring substituents is 1. The lowest BCUT2D eigenvalue weighted by atomic mass is 10.3. The van der Waals surface area contributed by atoms with Crippen LogP contribution < -0.4 is 10.1 Å². The fourth-order valence-electron chi connectivity index (χ4n) is 1.62. The van der Waals surface area contributed by atoms with Crippen molar-refractivity contribution in [3.05, 3.63) is 51.8 Å². The van der Waals surface area contributed by atoms with E-state index in [-0.39, 0.29) is 16.5 Å². The molecular weight excluding hydrogens is 282 g/mol. The summed E-state index contributed by atoms with van der Waals surface area (Å²) in [6.07, 6.45) is 3.13. The number of nitro groups is 1. The fourth-order valence-corrected chi connectivity index (χ4v) is 1.79. The van der Waals surface area contributed by atoms with E-state index in [1.54, 1.807) is 12.3 Å². The Hall–Kier alpha value is -2.34. The van der Waals surface area contributed by atoms with Crippen molar-refractivity contribution in [3.8, 4) is 11.5 Å². The maximum atomic E-state index is 11.0. The number of hydrogen-bond acceptors (Lipinski definition) is 5. The molecule has 0 saturated carbocycles. The van der Waals surface area contributed by atoms with Crippen molar-refractivity contribution < 1.29 is 9.66 Å². The highest BCUT2D eigenvalue weighted by Crippen LogP contribution is 2.33. The number of aromatic nitrogens is 1. The van der Waals surface area contributed by atoms with Gasteiger partial charge in [0.15, 0.2) is 0 Å². The van der Waals surface area contributed by atoms with E-state index in [0.29, 0.717) is 5.75 Å². The first-order valence-electron chi connectivity index (χ1n) is 5.91. The largest absolute Gasteiger partial charge is 0.448 e. The van der Waals surface area contributed by atoms with Crippen LogP contribution >= 0.6 is 11.6 Å². The van der Waals surface area contributed by atoms with Crippen LogP contribution in [0.25, 0.3) is 0 Å². The Morgan fingerprint density at radius 3 is 2.90 bits per heavy atom. The maximum Gasteiger partial charge on any atom is 0.313 e. The molecule has 20 heavy (non-hydrogen) atoms. The summed E-state index contributed by atoms with van der Waals surface area (Å²) in [5.41, 5.74) is 0.591. The SMILES string of the molecule is CCNc1cncc(Oc2ccc(Cl)cc2[N+](=O)[O-])c1. The molecule has 0 aliphatic carbocycles. The molecule has 104 valence electrons. The van der Waals surface area contributed by atoms with Gasteiger partial charge < -0.3 is 10.1 Å². The molecule has 0 fully saturated rings. The average molecular weight is 294 g/mol. The van der Waals surface area contributed by atoms with E-state index >= 15 is 0 Å². The zero-order chi connectivity index (χ0) is 14.5. The summed E-state index contributed by atoms with van der Waals surface area (Å²) >= 11 is 5.75. The van der Waals surface area contributed by atoms with Gasteiger partial charge in [0, 0.05) is 23.7 Å². The van der Waals surface area contributed by atoms with E-state index in [2.05, 4.69) is 10.3 Å². The van der Waals surface area contributed by atoms with Gasteiger partial charge in [-0.1, -0.05) is 11.6 Å². The zero-order valence-corrected chi connectivity index (χ0v) is 11.4. The predicted molar refractivity (Wildman–Crippen MR) is 76.6 cm³/mol. The van der Waals surface area contributed by atoms with Crippen LogP contribution in [0.15, 0.2) is 36.7 Å². The first kappa shape index (κ1) is 14.1. The number of benzene rings is 1. The smallest absolute Gasteiger partial charge is 0.313 e. The van der Waals surface area contributed by atoms with Crippen molar-refractivity contribution in [2.24, 2.45) is 0 Å². The Kier molecular flexibility index (Phi) is 4.37. The number of nitrogens with one attached hydrogen (secondary N) is 1. The van der Waals surface area contributed by atoms with E-state index in [0.717, 1.165) is 12.2 Å². The Morgan fingerprint density at radius 2 is 2.20 bits per heavy atom. The highest BCUT2D eigenvalue weighted by atomic mass is 35.5. The lowest BCUT2D eigenvalue weighted by Crippen LogP contribution is -1.98. The molecule has 1 aromatic carbocycles. The molecule has 0 amide bonds. The number of anilines is 1. The Balaban J connectivity index is 2.30. The van der Waals surface area contributed by atoms with Gasteiger partial charge in [-0.25, -0.2) is 0 Å². The molecule has 2 rings (SSSR count). The highest BCUT2D eigenvalue weighted by molar-refractivity contribution is 6.30. The molecule has 1 aromatic heterocycles. The second-order valence-corrected chi connectivity index (χ2v) is 4.35. The summed E-state index contributed by atoms with van der Waals surface area (Å²) in [6.45, 7) is 2.70. The van der Waals surface area contributed by atoms with Gasteiger partial charge in [0.2, 0.25) is 5.75 Å². The highest BCUT2D eigenvalue weighted by Gasteiger charge is 2.16. The van der Waals surface area contributed by atoms with Crippen molar-refractivity contribution in [2.75, 3.05) is 11.9 Å². The van der Waals surface area contributed by atoms with Gasteiger partial charge in [-0.3, -0.25) is 15.1 Å². The topological polar surface area (TPSA) is 77.3 Å². The third kappa shape index (κ3) is 3.36. The van der Waals surface area contributed by atoms with Gasteiger partial charge in [0.1, 0.15) is 5.75 Å². The minimum Gasteiger partial charge on any atom is -0.448 e. The standard InChI is InChI=1S/C13H12ClN3O3/c1-2-16-10-6-11(8-15-7-10)20-13-4-3-9(14)5-12(13)17(18)19/h3-8,16H,2H2,1H3. The molecule has 0 radical (unpaired) electrons. The Labute approximate surface area is 120 Å². The Morgan fingerprint density at radius 1 is 1.40 bits per heavy atom. The molecule has 0 atom stereocenters. The van der Waals surface area contributed by atoms with Crippen molar-refractivity contribution in [2.45, 2.75) is 6.92 Å². The first-order valence-corrected chi connectivity index (χ1v) is 6.28. The molecule has 6 nitrogen and oxygen atoms in total. The Bertz CT molecular complexity index is 634. The summed E-state index contributed by atoms with van der Waals surface area (Å²) < 4.78 is 5.51. The zero-order valence-electron chi connectivity index (χ0n) is 10.7. The van der Waals surface area contributed by atoms with Gasteiger partial charge in [0.25, 0.3) is 0 Å². The molecule has 0 unspecified atom stereocenters. The van der Waals surface area contributed by atoms with Crippen molar-refractivity contribution in [1.29, 1.82) is 0 Å². The van der Waals surface area contributed by atoms with Gasteiger partial charge in [-0.15, -0.1) is 0 Å². The molecule has 0 aliphatic heterocycles. The van der Waals surface area contributed by atoms with Gasteiger partial charge in [-0.05, 0) is 19.1 Å². The predicted octanol–water partition coefficient (Wildman–Crippen LogP) is 3.87. The molecule has 7 heteroatoms. The number of nitrogens with zero attached hydrogens (tertiary/aromatic N) is 2. The molecule has 0 aliphatic rings. The molecule has 0 saturated heterocycles. The lowest BCUT2D eigenvalue weighted by molar-refractivity contribution is -0.385. The van der Waals surface area contributed by atoms with Gasteiger partial charge in [-0.2, -0.15) is 0 Å². The third-order valence-electron chi connectivity index (χ3n) is 2.44. The molecule has 0 bridgehead atoms. The third-order valence-corrected chi connectivity index (χ3v) is 2.67. The molecule has 0 spiro atoms. The molecule has 1 N–H and O–H groups in total. The van der Waals surface area contributed by atoms with Crippen LogP contribution in [0.3, 0.4) is 0 Å². The number of rotatable bonds is 5. The maximum absolute atomic E-state index is 11.0. The van der Waals surface area contributed by atoms with Crippen LogP contribution in [0.1, 0.15) is 6.92 Å². The quantitative estimate of drug-likeness (QED) is 0.669. The van der Waals surface area contributed by atoms with Crippen LogP contribution in [0, 0.1) is 10.1 Å². The van der Waals surface area contributed by atoms with Crippen molar-refractivity contribution in [3.63, 3.8) is 0 Å². The summed E-state index contributed by atoms with van der Waals surface area (Å²) in [5.74, 6) is 0.531. The first-order chi connectivity index (χ1) is 9.60. The van der Waals surface area contributed by atoms with Crippen LogP contribution in [-0.2, 0) is 0 Å². The minimum atomic E-state index is -0.539. The van der Waals surface area contributed by atoms with Crippen LogP contribution in [0.4, 0.5) is 11.4 Å². The lowest BCUT2D eigenvalue weighted by Gasteiger charge is -2.08. The second kappa shape index (κ2) is 6.21. The minimum absolute atomic E-state index is 0.120. The van der Waals surface area contributed by atoms with E-state index in [1.165, 1.54) is 24.4 Å².